The zero-order chi connectivity index (χ0) is 16.1. The molecule has 0 spiro atoms. The monoisotopic (exact) mass is 308 g/mol. The van der Waals surface area contributed by atoms with Gasteiger partial charge in [0, 0.05) is 13.1 Å². The topological polar surface area (TPSA) is 89.7 Å². The molecule has 7 heteroatoms. The van der Waals surface area contributed by atoms with Crippen LogP contribution in [0.5, 0.6) is 0 Å². The predicted molar refractivity (Wildman–Crippen MR) is 75.2 cm³/mol. The van der Waals surface area contributed by atoms with Crippen LogP contribution in [0.25, 0.3) is 0 Å². The second-order valence-corrected chi connectivity index (χ2v) is 5.17. The third-order valence-electron chi connectivity index (χ3n) is 3.56. The van der Waals surface area contributed by atoms with E-state index in [9.17, 15) is 18.8 Å². The molecule has 1 aliphatic heterocycles. The molecule has 1 aliphatic rings. The minimum absolute atomic E-state index is 0.0430. The highest BCUT2D eigenvalue weighted by molar-refractivity contribution is 5.91. The molecular formula is C15H17FN2O4. The Morgan fingerprint density at radius 2 is 2.14 bits per heavy atom. The zero-order valence-electron chi connectivity index (χ0n) is 12.0. The van der Waals surface area contributed by atoms with Gasteiger partial charge in [0.15, 0.2) is 6.61 Å². The van der Waals surface area contributed by atoms with Crippen LogP contribution in [0.4, 0.5) is 4.39 Å². The van der Waals surface area contributed by atoms with E-state index < -0.39 is 30.2 Å². The largest absolute Gasteiger partial charge is 0.452 e. The van der Waals surface area contributed by atoms with Crippen LogP contribution in [0, 0.1) is 11.7 Å². The van der Waals surface area contributed by atoms with Gasteiger partial charge in [-0.05, 0) is 31.0 Å². The van der Waals surface area contributed by atoms with Crippen molar-refractivity contribution in [3.63, 3.8) is 0 Å². The van der Waals surface area contributed by atoms with Crippen molar-refractivity contribution < 1.29 is 23.5 Å². The highest BCUT2D eigenvalue weighted by Gasteiger charge is 2.27. The molecule has 6 nitrogen and oxygen atoms in total. The van der Waals surface area contributed by atoms with Crippen LogP contribution in [0.1, 0.15) is 23.2 Å². The summed E-state index contributed by atoms with van der Waals surface area (Å²) in [6.45, 7) is 0.298. The molecule has 0 unspecified atom stereocenters. The predicted octanol–water partition coefficient (Wildman–Crippen LogP) is 0.706. The number of benzene rings is 1. The Balaban J connectivity index is 1.87. The lowest BCUT2D eigenvalue weighted by Gasteiger charge is -2.31. The second kappa shape index (κ2) is 7.02. The van der Waals surface area contributed by atoms with Crippen molar-refractivity contribution in [2.75, 3.05) is 19.7 Å². The molecule has 1 aromatic carbocycles. The van der Waals surface area contributed by atoms with Gasteiger partial charge in [-0.2, -0.15) is 0 Å². The van der Waals surface area contributed by atoms with E-state index in [4.69, 9.17) is 10.5 Å². The lowest BCUT2D eigenvalue weighted by atomic mass is 9.97. The summed E-state index contributed by atoms with van der Waals surface area (Å²) in [6, 6.07) is 5.03. The fourth-order valence-electron chi connectivity index (χ4n) is 2.35. The summed E-state index contributed by atoms with van der Waals surface area (Å²) < 4.78 is 17.9. The Morgan fingerprint density at radius 3 is 2.82 bits per heavy atom. The molecule has 2 amide bonds. The SMILES string of the molecule is NC(=O)[C@H]1CCCN(C(=O)COC(=O)c2cccc(F)c2)C1. The minimum atomic E-state index is -0.767. The van der Waals surface area contributed by atoms with Crippen LogP contribution in [0.3, 0.4) is 0 Å². The highest BCUT2D eigenvalue weighted by Crippen LogP contribution is 2.16. The number of carbonyl (C=O) groups is 3. The second-order valence-electron chi connectivity index (χ2n) is 5.17. The smallest absolute Gasteiger partial charge is 0.338 e. The Kier molecular flexibility index (Phi) is 5.08. The van der Waals surface area contributed by atoms with Crippen LogP contribution in [0.2, 0.25) is 0 Å². The summed E-state index contributed by atoms with van der Waals surface area (Å²) in [5.41, 5.74) is 5.29. The Bertz CT molecular complexity index is 591. The molecule has 118 valence electrons. The van der Waals surface area contributed by atoms with Crippen LogP contribution in [-0.4, -0.2) is 42.4 Å². The average molecular weight is 308 g/mol. The molecule has 0 bridgehead atoms. The number of likely N-dealkylation sites (tertiary alicyclic amines) is 1. The van der Waals surface area contributed by atoms with E-state index in [1.165, 1.54) is 23.1 Å². The van der Waals surface area contributed by atoms with Crippen LogP contribution in [-0.2, 0) is 14.3 Å². The van der Waals surface area contributed by atoms with Gasteiger partial charge in [-0.3, -0.25) is 9.59 Å². The lowest BCUT2D eigenvalue weighted by Crippen LogP contribution is -2.45. The van der Waals surface area contributed by atoms with Crippen molar-refractivity contribution in [3.05, 3.63) is 35.6 Å². The standard InChI is InChI=1S/C15H17FN2O4/c16-12-5-1-3-10(7-12)15(21)22-9-13(19)18-6-2-4-11(8-18)14(17)20/h1,3,5,7,11H,2,4,6,8-9H2,(H2,17,20)/t11-/m0/s1. The van der Waals surface area contributed by atoms with Gasteiger partial charge in [-0.25, -0.2) is 9.18 Å². The van der Waals surface area contributed by atoms with Gasteiger partial charge < -0.3 is 15.4 Å². The number of nitrogens with zero attached hydrogens (tertiary/aromatic N) is 1. The van der Waals surface area contributed by atoms with Crippen molar-refractivity contribution in [3.8, 4) is 0 Å². The lowest BCUT2D eigenvalue weighted by molar-refractivity contribution is -0.137. The van der Waals surface area contributed by atoms with E-state index >= 15 is 0 Å². The third-order valence-corrected chi connectivity index (χ3v) is 3.56. The van der Waals surface area contributed by atoms with Crippen LogP contribution < -0.4 is 5.73 Å². The highest BCUT2D eigenvalue weighted by atomic mass is 19.1. The number of hydrogen-bond donors (Lipinski definition) is 1. The summed E-state index contributed by atoms with van der Waals surface area (Å²) in [7, 11) is 0. The molecule has 0 aliphatic carbocycles. The van der Waals surface area contributed by atoms with E-state index in [-0.39, 0.29) is 18.0 Å². The van der Waals surface area contributed by atoms with Gasteiger partial charge in [-0.15, -0.1) is 0 Å². The zero-order valence-corrected chi connectivity index (χ0v) is 12.0. The number of primary amides is 1. The summed E-state index contributed by atoms with van der Waals surface area (Å²) in [5.74, 6) is -2.51. The quantitative estimate of drug-likeness (QED) is 0.829. The number of amides is 2. The van der Waals surface area contributed by atoms with Gasteiger partial charge in [0.2, 0.25) is 5.91 Å². The minimum Gasteiger partial charge on any atom is -0.452 e. The molecule has 2 N–H and O–H groups in total. The Labute approximate surface area is 127 Å². The average Bonchev–Trinajstić information content (AvgIpc) is 2.52. The first-order chi connectivity index (χ1) is 10.5. The van der Waals surface area contributed by atoms with E-state index in [0.717, 1.165) is 6.07 Å². The first-order valence-electron chi connectivity index (χ1n) is 6.97. The fraction of sp³-hybridized carbons (Fsp3) is 0.400. The van der Waals surface area contributed by atoms with E-state index in [1.807, 2.05) is 0 Å². The summed E-state index contributed by atoms with van der Waals surface area (Å²) >= 11 is 0. The van der Waals surface area contributed by atoms with E-state index in [0.29, 0.717) is 19.4 Å². The van der Waals surface area contributed by atoms with Gasteiger partial charge >= 0.3 is 5.97 Å². The first kappa shape index (κ1) is 15.9. The molecule has 0 aromatic heterocycles. The molecule has 1 saturated heterocycles. The van der Waals surface area contributed by atoms with E-state index in [1.54, 1.807) is 0 Å². The maximum Gasteiger partial charge on any atom is 0.338 e. The molecule has 22 heavy (non-hydrogen) atoms. The Morgan fingerprint density at radius 1 is 1.36 bits per heavy atom. The van der Waals surface area contributed by atoms with E-state index in [2.05, 4.69) is 0 Å². The maximum atomic E-state index is 13.0. The maximum absolute atomic E-state index is 13.0. The molecule has 1 fully saturated rings. The Hall–Kier alpha value is -2.44. The van der Waals surface area contributed by atoms with Gasteiger partial charge in [0.05, 0.1) is 11.5 Å². The molecule has 0 saturated carbocycles. The molecule has 1 aromatic rings. The summed E-state index contributed by atoms with van der Waals surface area (Å²) in [4.78, 5) is 36.3. The number of hydrogen-bond acceptors (Lipinski definition) is 4. The fourth-order valence-corrected chi connectivity index (χ4v) is 2.35. The molecule has 2 rings (SSSR count). The number of nitrogens with two attached hydrogens (primary N) is 1. The molecule has 0 radical (unpaired) electrons. The summed E-state index contributed by atoms with van der Waals surface area (Å²) in [6.07, 6.45) is 1.33. The number of esters is 1. The van der Waals surface area contributed by atoms with Crippen molar-refractivity contribution in [2.45, 2.75) is 12.8 Å². The molecular weight excluding hydrogens is 291 g/mol. The molecule has 1 heterocycles. The third kappa shape index (κ3) is 4.03. The van der Waals surface area contributed by atoms with Crippen LogP contribution in [0.15, 0.2) is 24.3 Å². The van der Waals surface area contributed by atoms with Gasteiger partial charge in [-0.1, -0.05) is 6.07 Å². The van der Waals surface area contributed by atoms with Crippen molar-refractivity contribution in [1.29, 1.82) is 0 Å². The number of carbonyl (C=O) groups excluding carboxylic acids is 3. The van der Waals surface area contributed by atoms with Gasteiger partial charge in [0.25, 0.3) is 5.91 Å². The van der Waals surface area contributed by atoms with Crippen molar-refractivity contribution in [1.82, 2.24) is 4.90 Å². The molecule has 1 atom stereocenters. The first-order valence-corrected chi connectivity index (χ1v) is 6.97. The number of halogens is 1. The number of ether oxygens (including phenoxy) is 1. The van der Waals surface area contributed by atoms with Crippen molar-refractivity contribution >= 4 is 17.8 Å². The summed E-state index contributed by atoms with van der Waals surface area (Å²) in [5, 5.41) is 0. The van der Waals surface area contributed by atoms with Gasteiger partial charge in [0.1, 0.15) is 5.82 Å². The number of rotatable bonds is 4. The van der Waals surface area contributed by atoms with Crippen LogP contribution >= 0.6 is 0 Å². The van der Waals surface area contributed by atoms with Crippen molar-refractivity contribution in [2.24, 2.45) is 11.7 Å². The normalized spacial score (nSPS) is 17.9. The number of piperidine rings is 1.